The fraction of sp³-hybridized carbons (Fsp3) is 0.353. The van der Waals surface area contributed by atoms with Gasteiger partial charge in [-0.15, -0.1) is 0 Å². The van der Waals surface area contributed by atoms with Gasteiger partial charge in [0.1, 0.15) is 5.82 Å². The van der Waals surface area contributed by atoms with Gasteiger partial charge in [-0.3, -0.25) is 4.79 Å². The molecule has 7 heteroatoms. The molecule has 4 rings (SSSR count). The van der Waals surface area contributed by atoms with E-state index in [4.69, 9.17) is 16.7 Å². The Labute approximate surface area is 143 Å². The lowest BCUT2D eigenvalue weighted by Crippen LogP contribution is -2.21. The lowest BCUT2D eigenvalue weighted by molar-refractivity contribution is 0.533. The first-order valence-electron chi connectivity index (χ1n) is 8.00. The Morgan fingerprint density at radius 2 is 2.17 bits per heavy atom. The molecule has 1 aliphatic heterocycles. The molecule has 0 aliphatic carbocycles. The molecule has 3 aromatic rings. The molecule has 24 heavy (non-hydrogen) atoms. The molecule has 0 radical (unpaired) electrons. The number of imidazole rings is 1. The van der Waals surface area contributed by atoms with Gasteiger partial charge in [-0.25, -0.2) is 9.50 Å². The summed E-state index contributed by atoms with van der Waals surface area (Å²) in [6, 6.07) is 5.64. The maximum absolute atomic E-state index is 12.5. The van der Waals surface area contributed by atoms with Crippen LogP contribution in [0.4, 0.5) is 0 Å². The molecule has 0 amide bonds. The summed E-state index contributed by atoms with van der Waals surface area (Å²) in [4.78, 5) is 19.8. The van der Waals surface area contributed by atoms with Gasteiger partial charge in [0, 0.05) is 23.0 Å². The second-order valence-corrected chi connectivity index (χ2v) is 6.86. The van der Waals surface area contributed by atoms with Crippen molar-refractivity contribution in [1.82, 2.24) is 24.9 Å². The summed E-state index contributed by atoms with van der Waals surface area (Å²) in [5.41, 5.74) is 2.18. The van der Waals surface area contributed by atoms with Crippen molar-refractivity contribution in [1.29, 1.82) is 0 Å². The zero-order chi connectivity index (χ0) is 16.8. The molecule has 0 saturated carbocycles. The van der Waals surface area contributed by atoms with Crippen molar-refractivity contribution in [2.75, 3.05) is 13.1 Å². The maximum Gasteiger partial charge on any atom is 0.276 e. The number of nitrogens with zero attached hydrogens (tertiary/aromatic N) is 3. The number of aromatic amines is 1. The van der Waals surface area contributed by atoms with Gasteiger partial charge in [-0.1, -0.05) is 24.6 Å². The Bertz CT molecular complexity index is 977. The highest BCUT2D eigenvalue weighted by atomic mass is 35.5. The van der Waals surface area contributed by atoms with Crippen LogP contribution in [-0.4, -0.2) is 32.7 Å². The maximum atomic E-state index is 12.5. The lowest BCUT2D eigenvalue weighted by Gasteiger charge is -2.13. The Balaban J connectivity index is 1.93. The molecule has 1 aromatic carbocycles. The third kappa shape index (κ3) is 2.42. The van der Waals surface area contributed by atoms with E-state index in [1.165, 1.54) is 0 Å². The van der Waals surface area contributed by atoms with E-state index in [1.54, 1.807) is 10.7 Å². The van der Waals surface area contributed by atoms with Crippen molar-refractivity contribution < 1.29 is 0 Å². The van der Waals surface area contributed by atoms with Gasteiger partial charge in [0.15, 0.2) is 11.3 Å². The molecule has 2 unspecified atom stereocenters. The van der Waals surface area contributed by atoms with E-state index in [9.17, 15) is 4.79 Å². The molecule has 6 nitrogen and oxygen atoms in total. The Morgan fingerprint density at radius 3 is 2.92 bits per heavy atom. The lowest BCUT2D eigenvalue weighted by atomic mass is 9.97. The molecule has 2 aromatic heterocycles. The molecular formula is C17H18ClN5O. The van der Waals surface area contributed by atoms with Crippen LogP contribution < -0.4 is 10.9 Å². The average Bonchev–Trinajstić information content (AvgIpc) is 3.16. The van der Waals surface area contributed by atoms with Crippen LogP contribution in [-0.2, 0) is 0 Å². The van der Waals surface area contributed by atoms with Crippen molar-refractivity contribution in [3.63, 3.8) is 0 Å². The minimum atomic E-state index is -0.169. The van der Waals surface area contributed by atoms with Gasteiger partial charge < -0.3 is 10.3 Å². The molecule has 2 atom stereocenters. The van der Waals surface area contributed by atoms with Gasteiger partial charge in [0.25, 0.3) is 5.56 Å². The summed E-state index contributed by atoms with van der Waals surface area (Å²) in [7, 11) is 0. The minimum Gasteiger partial charge on any atom is -0.316 e. The highest BCUT2D eigenvalue weighted by Gasteiger charge is 2.28. The van der Waals surface area contributed by atoms with E-state index in [0.717, 1.165) is 24.2 Å². The van der Waals surface area contributed by atoms with E-state index in [1.807, 2.05) is 25.1 Å². The van der Waals surface area contributed by atoms with Crippen molar-refractivity contribution in [3.8, 4) is 11.4 Å². The van der Waals surface area contributed by atoms with Crippen molar-refractivity contribution >= 4 is 17.1 Å². The number of aromatic nitrogens is 4. The first kappa shape index (κ1) is 15.4. The second-order valence-electron chi connectivity index (χ2n) is 6.42. The van der Waals surface area contributed by atoms with Crippen LogP contribution in [0.3, 0.4) is 0 Å². The number of fused-ring (bicyclic) bond motifs is 1. The van der Waals surface area contributed by atoms with Crippen LogP contribution >= 0.6 is 11.6 Å². The normalized spacial score (nSPS) is 20.8. The predicted octanol–water partition coefficient (Wildman–Crippen LogP) is 2.37. The number of benzene rings is 1. The second kappa shape index (κ2) is 5.72. The predicted molar refractivity (Wildman–Crippen MR) is 93.6 cm³/mol. The zero-order valence-corrected chi connectivity index (χ0v) is 14.3. The molecule has 1 saturated heterocycles. The SMILES string of the molecule is Cc1ccc(Cl)cc1-c1ncc2c(=O)[nH]c(C3CNCC3C)nn12. The van der Waals surface area contributed by atoms with Gasteiger partial charge in [-0.05, 0) is 37.1 Å². The number of aryl methyl sites for hydroxylation is 1. The third-order valence-corrected chi connectivity index (χ3v) is 4.96. The van der Waals surface area contributed by atoms with Gasteiger partial charge in [0.05, 0.1) is 6.20 Å². The smallest absolute Gasteiger partial charge is 0.276 e. The van der Waals surface area contributed by atoms with Crippen LogP contribution in [0.15, 0.2) is 29.2 Å². The van der Waals surface area contributed by atoms with E-state index in [0.29, 0.717) is 28.1 Å². The fourth-order valence-corrected chi connectivity index (χ4v) is 3.45. The summed E-state index contributed by atoms with van der Waals surface area (Å²) in [5, 5.41) is 8.66. The largest absolute Gasteiger partial charge is 0.316 e. The molecular weight excluding hydrogens is 326 g/mol. The first-order valence-corrected chi connectivity index (χ1v) is 8.37. The van der Waals surface area contributed by atoms with E-state index in [2.05, 4.69) is 22.2 Å². The van der Waals surface area contributed by atoms with Crippen molar-refractivity contribution in [3.05, 3.63) is 51.2 Å². The first-order chi connectivity index (χ1) is 11.5. The van der Waals surface area contributed by atoms with Gasteiger partial charge >= 0.3 is 0 Å². The average molecular weight is 344 g/mol. The monoisotopic (exact) mass is 343 g/mol. The Morgan fingerprint density at radius 1 is 1.33 bits per heavy atom. The number of nitrogens with one attached hydrogen (secondary N) is 2. The van der Waals surface area contributed by atoms with Crippen molar-refractivity contribution in [2.24, 2.45) is 5.92 Å². The number of H-pyrrole nitrogens is 1. The van der Waals surface area contributed by atoms with Gasteiger partial charge in [0.2, 0.25) is 0 Å². The van der Waals surface area contributed by atoms with Gasteiger partial charge in [-0.2, -0.15) is 5.10 Å². The highest BCUT2D eigenvalue weighted by molar-refractivity contribution is 6.30. The summed E-state index contributed by atoms with van der Waals surface area (Å²) in [6.07, 6.45) is 1.56. The topological polar surface area (TPSA) is 75.1 Å². The number of rotatable bonds is 2. The van der Waals surface area contributed by atoms with Crippen LogP contribution in [0.2, 0.25) is 5.02 Å². The number of hydrogen-bond acceptors (Lipinski definition) is 4. The fourth-order valence-electron chi connectivity index (χ4n) is 3.28. The van der Waals surface area contributed by atoms with Crippen LogP contribution in [0, 0.1) is 12.8 Å². The molecule has 124 valence electrons. The molecule has 3 heterocycles. The molecule has 2 N–H and O–H groups in total. The zero-order valence-electron chi connectivity index (χ0n) is 13.5. The van der Waals surface area contributed by atoms with Crippen LogP contribution in [0.1, 0.15) is 24.2 Å². The highest BCUT2D eigenvalue weighted by Crippen LogP contribution is 2.27. The summed E-state index contributed by atoms with van der Waals surface area (Å²) in [6.45, 7) is 5.89. The summed E-state index contributed by atoms with van der Waals surface area (Å²) < 4.78 is 1.64. The molecule has 0 spiro atoms. The third-order valence-electron chi connectivity index (χ3n) is 4.73. The minimum absolute atomic E-state index is 0.169. The Hall–Kier alpha value is -2.18. The van der Waals surface area contributed by atoms with Crippen molar-refractivity contribution in [2.45, 2.75) is 19.8 Å². The summed E-state index contributed by atoms with van der Waals surface area (Å²) >= 11 is 6.14. The van der Waals surface area contributed by atoms with Crippen LogP contribution in [0.25, 0.3) is 16.9 Å². The summed E-state index contributed by atoms with van der Waals surface area (Å²) in [5.74, 6) is 1.95. The number of hydrogen-bond donors (Lipinski definition) is 2. The quantitative estimate of drug-likeness (QED) is 0.749. The van der Waals surface area contributed by atoms with Crippen LogP contribution in [0.5, 0.6) is 0 Å². The molecule has 0 bridgehead atoms. The standard InChI is InChI=1S/C17H18ClN5O/c1-9-3-4-11(18)5-12(9)16-20-8-14-17(24)21-15(22-23(14)16)13-7-19-6-10(13)2/h3-5,8,10,13,19H,6-7H2,1-2H3,(H,21,22,24). The molecule has 1 aliphatic rings. The number of halogens is 1. The Kier molecular flexibility index (Phi) is 3.66. The van der Waals surface area contributed by atoms with E-state index >= 15 is 0 Å². The van der Waals surface area contributed by atoms with E-state index in [-0.39, 0.29) is 11.5 Å². The molecule has 1 fully saturated rings. The van der Waals surface area contributed by atoms with E-state index < -0.39 is 0 Å².